The average molecular weight is 297 g/mol. The third kappa shape index (κ3) is 2.88. The fraction of sp³-hybridized carbons (Fsp3) is 0.526. The van der Waals surface area contributed by atoms with Crippen LogP contribution in [0.4, 0.5) is 0 Å². The van der Waals surface area contributed by atoms with Crippen LogP contribution in [0.25, 0.3) is 10.9 Å². The Kier molecular flexibility index (Phi) is 4.46. The molecule has 0 bridgehead atoms. The molecule has 118 valence electrons. The van der Waals surface area contributed by atoms with E-state index in [9.17, 15) is 0 Å². The Morgan fingerprint density at radius 2 is 2.14 bits per heavy atom. The van der Waals surface area contributed by atoms with Crippen molar-refractivity contribution in [2.24, 2.45) is 0 Å². The highest BCUT2D eigenvalue weighted by Gasteiger charge is 2.22. The first-order valence-corrected chi connectivity index (χ1v) is 8.45. The molecular formula is C19H27N3. The summed E-state index contributed by atoms with van der Waals surface area (Å²) in [6.07, 6.45) is 1.07. The molecule has 2 aromatic rings. The molecule has 0 amide bonds. The van der Waals surface area contributed by atoms with E-state index in [1.54, 1.807) is 0 Å². The van der Waals surface area contributed by atoms with Crippen LogP contribution in [-0.4, -0.2) is 29.0 Å². The molecule has 0 radical (unpaired) electrons. The minimum atomic E-state index is 0.495. The van der Waals surface area contributed by atoms with Crippen LogP contribution in [0.2, 0.25) is 0 Å². The first-order valence-electron chi connectivity index (χ1n) is 8.45. The second-order valence-corrected chi connectivity index (χ2v) is 6.64. The molecule has 1 aromatic carbocycles. The Morgan fingerprint density at radius 1 is 1.32 bits per heavy atom. The van der Waals surface area contributed by atoms with Gasteiger partial charge in [-0.2, -0.15) is 0 Å². The van der Waals surface area contributed by atoms with E-state index in [1.165, 1.54) is 33.3 Å². The van der Waals surface area contributed by atoms with Crippen LogP contribution in [0.15, 0.2) is 18.2 Å². The number of para-hydroxylation sites is 1. The SMILES string of the molecule is CCN1CCc2nc3c(C)cccc3c(CNC(C)C)c2C1. The van der Waals surface area contributed by atoms with Gasteiger partial charge in [-0.15, -0.1) is 0 Å². The second kappa shape index (κ2) is 6.35. The predicted molar refractivity (Wildman–Crippen MR) is 93.1 cm³/mol. The van der Waals surface area contributed by atoms with Gasteiger partial charge in [-0.05, 0) is 30.2 Å². The number of nitrogens with zero attached hydrogens (tertiary/aromatic N) is 2. The van der Waals surface area contributed by atoms with Crippen LogP contribution < -0.4 is 5.32 Å². The van der Waals surface area contributed by atoms with E-state index >= 15 is 0 Å². The summed E-state index contributed by atoms with van der Waals surface area (Å²) in [6.45, 7) is 13.0. The summed E-state index contributed by atoms with van der Waals surface area (Å²) < 4.78 is 0. The van der Waals surface area contributed by atoms with Crippen molar-refractivity contribution in [2.75, 3.05) is 13.1 Å². The van der Waals surface area contributed by atoms with Crippen molar-refractivity contribution in [2.45, 2.75) is 53.2 Å². The Labute approximate surface area is 133 Å². The van der Waals surface area contributed by atoms with Gasteiger partial charge in [0, 0.05) is 43.2 Å². The number of nitrogens with one attached hydrogen (secondary N) is 1. The minimum absolute atomic E-state index is 0.495. The lowest BCUT2D eigenvalue weighted by Gasteiger charge is -2.30. The van der Waals surface area contributed by atoms with Crippen molar-refractivity contribution in [3.63, 3.8) is 0 Å². The van der Waals surface area contributed by atoms with Gasteiger partial charge in [0.1, 0.15) is 0 Å². The quantitative estimate of drug-likeness (QED) is 0.937. The minimum Gasteiger partial charge on any atom is -0.310 e. The molecule has 2 heterocycles. The van der Waals surface area contributed by atoms with Gasteiger partial charge in [0.25, 0.3) is 0 Å². The molecular weight excluding hydrogens is 270 g/mol. The van der Waals surface area contributed by atoms with Crippen molar-refractivity contribution in [3.05, 3.63) is 40.6 Å². The smallest absolute Gasteiger partial charge is 0.0737 e. The summed E-state index contributed by atoms with van der Waals surface area (Å²) in [4.78, 5) is 7.54. The standard InChI is InChI=1S/C19H27N3/c1-5-22-10-9-18-17(12-22)16(11-20-13(2)3)15-8-6-7-14(4)19(15)21-18/h6-8,13,20H,5,9-12H2,1-4H3. The monoisotopic (exact) mass is 297 g/mol. The molecule has 0 fully saturated rings. The van der Waals surface area contributed by atoms with Gasteiger partial charge in [-0.25, -0.2) is 0 Å². The highest BCUT2D eigenvalue weighted by atomic mass is 15.1. The Bertz CT molecular complexity index is 676. The van der Waals surface area contributed by atoms with E-state index in [4.69, 9.17) is 4.98 Å². The van der Waals surface area contributed by atoms with Crippen molar-refractivity contribution in [1.82, 2.24) is 15.2 Å². The molecule has 0 unspecified atom stereocenters. The molecule has 1 aromatic heterocycles. The van der Waals surface area contributed by atoms with E-state index < -0.39 is 0 Å². The van der Waals surface area contributed by atoms with Crippen LogP contribution >= 0.6 is 0 Å². The first-order chi connectivity index (χ1) is 10.6. The Balaban J connectivity index is 2.15. The van der Waals surface area contributed by atoms with Crippen LogP contribution in [0.3, 0.4) is 0 Å². The molecule has 0 atom stereocenters. The lowest BCUT2D eigenvalue weighted by Crippen LogP contribution is -2.33. The number of fused-ring (bicyclic) bond motifs is 2. The van der Waals surface area contributed by atoms with Crippen molar-refractivity contribution in [3.8, 4) is 0 Å². The molecule has 3 nitrogen and oxygen atoms in total. The van der Waals surface area contributed by atoms with E-state index in [0.717, 1.165) is 32.6 Å². The largest absolute Gasteiger partial charge is 0.310 e. The summed E-state index contributed by atoms with van der Waals surface area (Å²) in [5, 5.41) is 4.93. The number of hydrogen-bond acceptors (Lipinski definition) is 3. The second-order valence-electron chi connectivity index (χ2n) is 6.64. The summed E-state index contributed by atoms with van der Waals surface area (Å²) >= 11 is 0. The number of rotatable bonds is 4. The molecule has 3 rings (SSSR count). The maximum Gasteiger partial charge on any atom is 0.0737 e. The fourth-order valence-electron chi connectivity index (χ4n) is 3.33. The predicted octanol–water partition coefficient (Wildman–Crippen LogP) is 3.42. The lowest BCUT2D eigenvalue weighted by atomic mass is 9.94. The maximum atomic E-state index is 5.02. The van der Waals surface area contributed by atoms with E-state index in [0.29, 0.717) is 6.04 Å². The molecule has 3 heteroatoms. The van der Waals surface area contributed by atoms with Crippen LogP contribution in [0.5, 0.6) is 0 Å². The summed E-state index contributed by atoms with van der Waals surface area (Å²) in [5.41, 5.74) is 6.69. The lowest BCUT2D eigenvalue weighted by molar-refractivity contribution is 0.265. The third-order valence-corrected chi connectivity index (χ3v) is 4.70. The van der Waals surface area contributed by atoms with Gasteiger partial charge in [0.15, 0.2) is 0 Å². The molecule has 22 heavy (non-hydrogen) atoms. The van der Waals surface area contributed by atoms with Gasteiger partial charge >= 0.3 is 0 Å². The van der Waals surface area contributed by atoms with Crippen molar-refractivity contribution in [1.29, 1.82) is 0 Å². The van der Waals surface area contributed by atoms with Crippen LogP contribution in [0.1, 0.15) is 43.2 Å². The van der Waals surface area contributed by atoms with Gasteiger partial charge in [-0.1, -0.05) is 39.0 Å². The molecule has 0 saturated carbocycles. The van der Waals surface area contributed by atoms with Gasteiger partial charge in [0.2, 0.25) is 0 Å². The van der Waals surface area contributed by atoms with Crippen molar-refractivity contribution < 1.29 is 0 Å². The number of hydrogen-bond donors (Lipinski definition) is 1. The van der Waals surface area contributed by atoms with Crippen molar-refractivity contribution >= 4 is 10.9 Å². The topological polar surface area (TPSA) is 28.2 Å². The maximum absolute atomic E-state index is 5.02. The van der Waals surface area contributed by atoms with E-state index in [2.05, 4.69) is 56.1 Å². The number of likely N-dealkylation sites (N-methyl/N-ethyl adjacent to an activating group) is 1. The highest BCUT2D eigenvalue weighted by Crippen LogP contribution is 2.29. The zero-order valence-electron chi connectivity index (χ0n) is 14.2. The Hall–Kier alpha value is -1.45. The fourth-order valence-corrected chi connectivity index (χ4v) is 3.33. The molecule has 0 saturated heterocycles. The van der Waals surface area contributed by atoms with Crippen LogP contribution in [-0.2, 0) is 19.5 Å². The summed E-state index contributed by atoms with van der Waals surface area (Å²) in [5.74, 6) is 0. The third-order valence-electron chi connectivity index (χ3n) is 4.70. The Morgan fingerprint density at radius 3 is 2.86 bits per heavy atom. The highest BCUT2D eigenvalue weighted by molar-refractivity contribution is 5.86. The normalized spacial score (nSPS) is 15.5. The number of pyridine rings is 1. The molecule has 0 aliphatic carbocycles. The molecule has 0 spiro atoms. The molecule has 1 aliphatic rings. The zero-order chi connectivity index (χ0) is 15.7. The van der Waals surface area contributed by atoms with E-state index in [1.807, 2.05) is 0 Å². The first kappa shape index (κ1) is 15.4. The number of benzene rings is 1. The molecule has 1 aliphatic heterocycles. The van der Waals surface area contributed by atoms with Crippen LogP contribution in [0, 0.1) is 6.92 Å². The molecule has 1 N–H and O–H groups in total. The average Bonchev–Trinajstić information content (AvgIpc) is 2.51. The zero-order valence-corrected chi connectivity index (χ0v) is 14.2. The van der Waals surface area contributed by atoms with Gasteiger partial charge < -0.3 is 5.32 Å². The van der Waals surface area contributed by atoms with E-state index in [-0.39, 0.29) is 0 Å². The summed E-state index contributed by atoms with van der Waals surface area (Å²) in [7, 11) is 0. The summed E-state index contributed by atoms with van der Waals surface area (Å²) in [6, 6.07) is 7.06. The van der Waals surface area contributed by atoms with Gasteiger partial charge in [-0.3, -0.25) is 9.88 Å². The number of aromatic nitrogens is 1. The van der Waals surface area contributed by atoms with Gasteiger partial charge in [0.05, 0.1) is 5.52 Å². The number of aryl methyl sites for hydroxylation is 1.